The standard InChI is InChI=1S/C12H14F2N4O/c1-8(15)10-7-18(17-16-10)6-9-4-2-3-5-11(9)19-12(13)14/h2-5,7-8,12H,6,15H2,1H3. The van der Waals surface area contributed by atoms with Gasteiger partial charge >= 0.3 is 6.61 Å². The van der Waals surface area contributed by atoms with E-state index >= 15 is 0 Å². The van der Waals surface area contributed by atoms with Gasteiger partial charge in [0.05, 0.1) is 18.4 Å². The van der Waals surface area contributed by atoms with E-state index in [1.54, 1.807) is 31.3 Å². The third kappa shape index (κ3) is 3.47. The molecule has 0 saturated heterocycles. The van der Waals surface area contributed by atoms with Gasteiger partial charge in [0, 0.05) is 11.6 Å². The van der Waals surface area contributed by atoms with E-state index in [4.69, 9.17) is 5.73 Å². The van der Waals surface area contributed by atoms with Crippen molar-refractivity contribution in [2.75, 3.05) is 0 Å². The number of benzene rings is 1. The van der Waals surface area contributed by atoms with Crippen molar-refractivity contribution >= 4 is 0 Å². The van der Waals surface area contributed by atoms with Crippen molar-refractivity contribution < 1.29 is 13.5 Å². The van der Waals surface area contributed by atoms with E-state index in [0.29, 0.717) is 17.8 Å². The summed E-state index contributed by atoms with van der Waals surface area (Å²) in [4.78, 5) is 0. The number of ether oxygens (including phenoxy) is 1. The van der Waals surface area contributed by atoms with Crippen LogP contribution in [0.5, 0.6) is 5.75 Å². The van der Waals surface area contributed by atoms with Crippen LogP contribution >= 0.6 is 0 Å². The molecule has 1 aromatic carbocycles. The van der Waals surface area contributed by atoms with Gasteiger partial charge in [0.25, 0.3) is 0 Å². The van der Waals surface area contributed by atoms with Crippen LogP contribution in [0.2, 0.25) is 0 Å². The van der Waals surface area contributed by atoms with E-state index in [0.717, 1.165) is 0 Å². The van der Waals surface area contributed by atoms with E-state index in [9.17, 15) is 8.78 Å². The van der Waals surface area contributed by atoms with Gasteiger partial charge in [0.15, 0.2) is 0 Å². The molecule has 0 saturated carbocycles. The minimum absolute atomic E-state index is 0.135. The molecule has 0 radical (unpaired) electrons. The van der Waals surface area contributed by atoms with Crippen molar-refractivity contribution in [3.63, 3.8) is 0 Å². The van der Waals surface area contributed by atoms with Crippen molar-refractivity contribution in [1.82, 2.24) is 15.0 Å². The number of alkyl halides is 2. The predicted octanol–water partition coefficient (Wildman–Crippen LogP) is 1.95. The zero-order chi connectivity index (χ0) is 13.8. The molecule has 1 heterocycles. The van der Waals surface area contributed by atoms with Gasteiger partial charge in [-0.3, -0.25) is 0 Å². The van der Waals surface area contributed by atoms with E-state index in [1.165, 1.54) is 10.7 Å². The molecule has 1 unspecified atom stereocenters. The van der Waals surface area contributed by atoms with Crippen molar-refractivity contribution in [2.24, 2.45) is 5.73 Å². The molecule has 0 aliphatic carbocycles. The lowest BCUT2D eigenvalue weighted by atomic mass is 10.2. The lowest BCUT2D eigenvalue weighted by Crippen LogP contribution is -2.07. The summed E-state index contributed by atoms with van der Waals surface area (Å²) in [7, 11) is 0. The average Bonchev–Trinajstić information content (AvgIpc) is 2.80. The van der Waals surface area contributed by atoms with Crippen LogP contribution in [0.25, 0.3) is 0 Å². The van der Waals surface area contributed by atoms with Crippen molar-refractivity contribution in [2.45, 2.75) is 26.1 Å². The molecule has 0 aliphatic heterocycles. The molecule has 1 atom stereocenters. The lowest BCUT2D eigenvalue weighted by Gasteiger charge is -2.10. The zero-order valence-electron chi connectivity index (χ0n) is 10.3. The van der Waals surface area contributed by atoms with Crippen molar-refractivity contribution in [3.05, 3.63) is 41.7 Å². The zero-order valence-corrected chi connectivity index (χ0v) is 10.3. The van der Waals surface area contributed by atoms with Crippen LogP contribution in [0, 0.1) is 0 Å². The Morgan fingerprint density at radius 3 is 2.74 bits per heavy atom. The van der Waals surface area contributed by atoms with Crippen LogP contribution in [-0.4, -0.2) is 21.6 Å². The monoisotopic (exact) mass is 268 g/mol. The summed E-state index contributed by atoms with van der Waals surface area (Å²) in [5, 5.41) is 7.80. The molecule has 1 aromatic heterocycles. The summed E-state index contributed by atoms with van der Waals surface area (Å²) in [5.41, 5.74) is 6.92. The molecule has 5 nitrogen and oxygen atoms in total. The lowest BCUT2D eigenvalue weighted by molar-refractivity contribution is -0.0505. The maximum absolute atomic E-state index is 12.3. The van der Waals surface area contributed by atoms with Crippen LogP contribution in [-0.2, 0) is 6.54 Å². The van der Waals surface area contributed by atoms with Crippen molar-refractivity contribution in [3.8, 4) is 5.75 Å². The molecule has 102 valence electrons. The highest BCUT2D eigenvalue weighted by atomic mass is 19.3. The van der Waals surface area contributed by atoms with Crippen LogP contribution in [0.1, 0.15) is 24.2 Å². The van der Waals surface area contributed by atoms with Gasteiger partial charge in [-0.1, -0.05) is 23.4 Å². The van der Waals surface area contributed by atoms with E-state index in [1.807, 2.05) is 0 Å². The Morgan fingerprint density at radius 1 is 1.37 bits per heavy atom. The van der Waals surface area contributed by atoms with Crippen LogP contribution < -0.4 is 10.5 Å². The second-order valence-electron chi connectivity index (χ2n) is 4.12. The minimum Gasteiger partial charge on any atom is -0.434 e. The molecule has 0 spiro atoms. The largest absolute Gasteiger partial charge is 0.434 e. The smallest absolute Gasteiger partial charge is 0.387 e. The number of para-hydroxylation sites is 1. The Morgan fingerprint density at radius 2 is 2.11 bits per heavy atom. The Balaban J connectivity index is 2.17. The molecular formula is C12H14F2N4O. The van der Waals surface area contributed by atoms with E-state index in [-0.39, 0.29) is 11.8 Å². The summed E-state index contributed by atoms with van der Waals surface area (Å²) in [6.45, 7) is -0.762. The number of nitrogens with zero attached hydrogens (tertiary/aromatic N) is 3. The highest BCUT2D eigenvalue weighted by molar-refractivity contribution is 5.33. The number of rotatable bonds is 5. The summed E-state index contributed by atoms with van der Waals surface area (Å²) in [6.07, 6.45) is 1.68. The van der Waals surface area contributed by atoms with Gasteiger partial charge in [-0.15, -0.1) is 5.10 Å². The first-order chi connectivity index (χ1) is 9.06. The molecule has 0 aliphatic rings. The fourth-order valence-corrected chi connectivity index (χ4v) is 1.62. The minimum atomic E-state index is -2.85. The molecule has 7 heteroatoms. The summed E-state index contributed by atoms with van der Waals surface area (Å²) < 4.78 is 30.5. The predicted molar refractivity (Wildman–Crippen MR) is 64.8 cm³/mol. The summed E-state index contributed by atoms with van der Waals surface area (Å²) in [6, 6.07) is 6.35. The molecule has 19 heavy (non-hydrogen) atoms. The SMILES string of the molecule is CC(N)c1cn(Cc2ccccc2OC(F)F)nn1. The normalized spacial score (nSPS) is 12.7. The highest BCUT2D eigenvalue weighted by Crippen LogP contribution is 2.21. The quantitative estimate of drug-likeness (QED) is 0.900. The number of halogens is 2. The Kier molecular flexibility index (Phi) is 4.06. The maximum atomic E-state index is 12.3. The van der Waals surface area contributed by atoms with E-state index < -0.39 is 6.61 Å². The van der Waals surface area contributed by atoms with Crippen LogP contribution in [0.15, 0.2) is 30.5 Å². The fraction of sp³-hybridized carbons (Fsp3) is 0.333. The fourth-order valence-electron chi connectivity index (χ4n) is 1.62. The Bertz CT molecular complexity index is 542. The van der Waals surface area contributed by atoms with Gasteiger partial charge in [-0.25, -0.2) is 4.68 Å². The molecule has 2 aromatic rings. The Hall–Kier alpha value is -2.02. The molecule has 2 rings (SSSR count). The van der Waals surface area contributed by atoms with Gasteiger partial charge in [-0.05, 0) is 13.0 Å². The number of hydrogen-bond acceptors (Lipinski definition) is 4. The summed E-state index contributed by atoms with van der Waals surface area (Å²) >= 11 is 0. The maximum Gasteiger partial charge on any atom is 0.387 e. The first kappa shape index (κ1) is 13.4. The molecule has 0 bridgehead atoms. The van der Waals surface area contributed by atoms with Gasteiger partial charge in [0.1, 0.15) is 5.75 Å². The number of hydrogen-bond donors (Lipinski definition) is 1. The molecule has 2 N–H and O–H groups in total. The van der Waals surface area contributed by atoms with Gasteiger partial charge in [0.2, 0.25) is 0 Å². The van der Waals surface area contributed by atoms with Crippen LogP contribution in [0.4, 0.5) is 8.78 Å². The molecule has 0 amide bonds. The number of aromatic nitrogens is 3. The summed E-state index contributed by atoms with van der Waals surface area (Å²) in [5.74, 6) is 0.135. The second-order valence-corrected chi connectivity index (χ2v) is 4.12. The third-order valence-electron chi connectivity index (χ3n) is 2.54. The van der Waals surface area contributed by atoms with Crippen LogP contribution in [0.3, 0.4) is 0 Å². The Labute approximate surface area is 109 Å². The first-order valence-electron chi connectivity index (χ1n) is 5.74. The molecular weight excluding hydrogens is 254 g/mol. The second kappa shape index (κ2) is 5.75. The third-order valence-corrected chi connectivity index (χ3v) is 2.54. The van der Waals surface area contributed by atoms with E-state index in [2.05, 4.69) is 15.0 Å². The van der Waals surface area contributed by atoms with Gasteiger partial charge in [-0.2, -0.15) is 8.78 Å². The molecule has 0 fully saturated rings. The van der Waals surface area contributed by atoms with Gasteiger partial charge < -0.3 is 10.5 Å². The first-order valence-corrected chi connectivity index (χ1v) is 5.74. The average molecular weight is 268 g/mol. The highest BCUT2D eigenvalue weighted by Gasteiger charge is 2.11. The van der Waals surface area contributed by atoms with Crippen molar-refractivity contribution in [1.29, 1.82) is 0 Å². The number of nitrogens with two attached hydrogens (primary N) is 1. The topological polar surface area (TPSA) is 66.0 Å².